The maximum absolute atomic E-state index is 13.2. The number of aromatic amines is 1. The zero-order chi connectivity index (χ0) is 23.3. The Morgan fingerprint density at radius 1 is 1.27 bits per heavy atom. The quantitative estimate of drug-likeness (QED) is 0.553. The molecule has 33 heavy (non-hydrogen) atoms. The Labute approximate surface area is 185 Å². The predicted octanol–water partition coefficient (Wildman–Crippen LogP) is 2.66. The molecule has 0 aliphatic carbocycles. The van der Waals surface area contributed by atoms with Gasteiger partial charge in [-0.2, -0.15) is 18.3 Å². The molecule has 10 nitrogen and oxygen atoms in total. The summed E-state index contributed by atoms with van der Waals surface area (Å²) < 4.78 is 38.5. The Morgan fingerprint density at radius 2 is 2.09 bits per heavy atom. The minimum absolute atomic E-state index is 0.199. The maximum Gasteiger partial charge on any atom is 0.408 e. The average Bonchev–Trinajstić information content (AvgIpc) is 3.40. The first-order chi connectivity index (χ1) is 15.7. The maximum atomic E-state index is 13.2. The van der Waals surface area contributed by atoms with E-state index in [1.54, 1.807) is 24.5 Å². The van der Waals surface area contributed by atoms with Gasteiger partial charge in [0.15, 0.2) is 5.82 Å². The van der Waals surface area contributed by atoms with Crippen molar-refractivity contribution in [1.82, 2.24) is 25.5 Å². The number of nitrogens with zero attached hydrogens (tertiary/aromatic N) is 5. The smallest absolute Gasteiger partial charge is 0.366 e. The second-order valence-corrected chi connectivity index (χ2v) is 7.99. The molecule has 2 aliphatic heterocycles. The summed E-state index contributed by atoms with van der Waals surface area (Å²) in [6.45, 7) is 2.14. The van der Waals surface area contributed by atoms with Gasteiger partial charge in [-0.25, -0.2) is 14.8 Å². The summed E-state index contributed by atoms with van der Waals surface area (Å²) in [6, 6.07) is 1.90. The van der Waals surface area contributed by atoms with E-state index in [4.69, 9.17) is 0 Å². The van der Waals surface area contributed by atoms with Gasteiger partial charge in [0.2, 0.25) is 0 Å². The van der Waals surface area contributed by atoms with E-state index in [0.717, 1.165) is 12.3 Å². The van der Waals surface area contributed by atoms with Crippen LogP contribution in [0.5, 0.6) is 0 Å². The lowest BCUT2D eigenvalue weighted by Crippen LogP contribution is -2.49. The summed E-state index contributed by atoms with van der Waals surface area (Å²) >= 11 is 0. The molecule has 2 atom stereocenters. The van der Waals surface area contributed by atoms with E-state index in [9.17, 15) is 22.8 Å². The molecule has 3 amide bonds. The van der Waals surface area contributed by atoms with Crippen molar-refractivity contribution >= 4 is 40.2 Å². The molecule has 3 N–H and O–H groups in total. The van der Waals surface area contributed by atoms with Crippen LogP contribution in [-0.4, -0.2) is 63.5 Å². The second-order valence-electron chi connectivity index (χ2n) is 7.99. The van der Waals surface area contributed by atoms with Crippen molar-refractivity contribution in [2.24, 2.45) is 0 Å². The first-order valence-corrected chi connectivity index (χ1v) is 10.2. The van der Waals surface area contributed by atoms with Crippen LogP contribution in [0.25, 0.3) is 10.9 Å². The van der Waals surface area contributed by atoms with Gasteiger partial charge < -0.3 is 10.2 Å². The van der Waals surface area contributed by atoms with E-state index in [1.807, 2.05) is 10.2 Å². The molecular formula is C20H19F3N8O2. The van der Waals surface area contributed by atoms with Crippen LogP contribution in [0.15, 0.2) is 30.6 Å². The molecule has 5 heterocycles. The summed E-state index contributed by atoms with van der Waals surface area (Å²) in [5, 5.41) is 12.1. The number of urea groups is 1. The van der Waals surface area contributed by atoms with Crippen molar-refractivity contribution in [3.8, 4) is 0 Å². The number of hydrogen-bond donors (Lipinski definition) is 3. The molecule has 13 heteroatoms. The molecule has 3 aromatic heterocycles. The van der Waals surface area contributed by atoms with Crippen molar-refractivity contribution < 1.29 is 22.8 Å². The molecule has 0 unspecified atom stereocenters. The zero-order valence-electron chi connectivity index (χ0n) is 17.3. The van der Waals surface area contributed by atoms with Crippen LogP contribution < -0.4 is 20.4 Å². The molecule has 5 rings (SSSR count). The highest BCUT2D eigenvalue weighted by atomic mass is 19.4. The number of anilines is 3. The van der Waals surface area contributed by atoms with Gasteiger partial charge in [0.25, 0.3) is 5.91 Å². The van der Waals surface area contributed by atoms with E-state index in [-0.39, 0.29) is 17.6 Å². The number of amides is 3. The Kier molecular flexibility index (Phi) is 4.83. The van der Waals surface area contributed by atoms with E-state index < -0.39 is 24.2 Å². The minimum Gasteiger partial charge on any atom is -0.366 e. The van der Waals surface area contributed by atoms with E-state index >= 15 is 0 Å². The largest absolute Gasteiger partial charge is 0.408 e. The summed E-state index contributed by atoms with van der Waals surface area (Å²) in [5.74, 6) is -0.440. The lowest BCUT2D eigenvalue weighted by Gasteiger charge is -2.35. The topological polar surface area (TPSA) is 119 Å². The number of carbonyl (C=O) groups is 2. The van der Waals surface area contributed by atoms with Crippen molar-refractivity contribution in [2.75, 3.05) is 28.2 Å². The molecule has 2 bridgehead atoms. The van der Waals surface area contributed by atoms with Crippen molar-refractivity contribution in [2.45, 2.75) is 31.6 Å². The van der Waals surface area contributed by atoms with Crippen molar-refractivity contribution in [3.05, 3.63) is 36.3 Å². The Hall–Kier alpha value is -3.90. The Bertz CT molecular complexity index is 1240. The van der Waals surface area contributed by atoms with E-state index in [0.29, 0.717) is 36.5 Å². The molecule has 3 aromatic rings. The SMILES string of the molecule is C[C@@H](NC(=O)c1ccc2c(n1)N(C(=O)Nc1cc3cn[nH]c3cn1)[C@H]1CCN2C1)C(F)(F)F. The number of aromatic nitrogens is 4. The van der Waals surface area contributed by atoms with Crippen molar-refractivity contribution in [3.63, 3.8) is 0 Å². The third-order valence-corrected chi connectivity index (χ3v) is 5.80. The molecule has 1 fully saturated rings. The Balaban J connectivity index is 1.43. The summed E-state index contributed by atoms with van der Waals surface area (Å²) in [4.78, 5) is 37.6. The summed E-state index contributed by atoms with van der Waals surface area (Å²) in [5.41, 5.74) is 1.15. The van der Waals surface area contributed by atoms with Crippen LogP contribution in [0.1, 0.15) is 23.8 Å². The highest BCUT2D eigenvalue weighted by Crippen LogP contribution is 2.39. The van der Waals surface area contributed by atoms with E-state index in [1.165, 1.54) is 11.0 Å². The highest BCUT2D eigenvalue weighted by molar-refractivity contribution is 6.05. The molecule has 172 valence electrons. The molecular weight excluding hydrogens is 441 g/mol. The van der Waals surface area contributed by atoms with Crippen LogP contribution >= 0.6 is 0 Å². The first-order valence-electron chi connectivity index (χ1n) is 10.2. The third-order valence-electron chi connectivity index (χ3n) is 5.80. The molecule has 0 aromatic carbocycles. The second kappa shape index (κ2) is 7.60. The molecule has 2 aliphatic rings. The number of alkyl halides is 3. The first kappa shape index (κ1) is 21.0. The van der Waals surface area contributed by atoms with Gasteiger partial charge in [-0.3, -0.25) is 20.1 Å². The predicted molar refractivity (Wildman–Crippen MR) is 113 cm³/mol. The minimum atomic E-state index is -4.58. The third kappa shape index (κ3) is 3.79. The van der Waals surface area contributed by atoms with Gasteiger partial charge in [0.05, 0.1) is 29.6 Å². The fourth-order valence-electron chi connectivity index (χ4n) is 4.03. The summed E-state index contributed by atoms with van der Waals surface area (Å²) in [6.07, 6.45) is -0.748. The number of nitrogens with one attached hydrogen (secondary N) is 3. The van der Waals surface area contributed by atoms with Gasteiger partial charge in [-0.05, 0) is 31.5 Å². The number of H-pyrrole nitrogens is 1. The van der Waals surface area contributed by atoms with Gasteiger partial charge in [0.1, 0.15) is 17.6 Å². The number of rotatable bonds is 3. The monoisotopic (exact) mass is 460 g/mol. The van der Waals surface area contributed by atoms with Crippen LogP contribution in [-0.2, 0) is 0 Å². The number of hydrogen-bond acceptors (Lipinski definition) is 6. The zero-order valence-corrected chi connectivity index (χ0v) is 17.3. The molecule has 0 radical (unpaired) electrons. The van der Waals surface area contributed by atoms with Crippen LogP contribution in [0.2, 0.25) is 0 Å². The lowest BCUT2D eigenvalue weighted by molar-refractivity contribution is -0.149. The lowest BCUT2D eigenvalue weighted by atomic mass is 10.1. The fraction of sp³-hybridized carbons (Fsp3) is 0.350. The van der Waals surface area contributed by atoms with E-state index in [2.05, 4.69) is 25.5 Å². The molecule has 1 saturated heterocycles. The van der Waals surface area contributed by atoms with Crippen LogP contribution in [0, 0.1) is 0 Å². The normalized spacial score (nSPS) is 18.2. The Morgan fingerprint density at radius 3 is 2.88 bits per heavy atom. The number of carbonyl (C=O) groups excluding carboxylic acids is 2. The van der Waals surface area contributed by atoms with Crippen LogP contribution in [0.3, 0.4) is 0 Å². The number of halogens is 3. The average molecular weight is 460 g/mol. The van der Waals surface area contributed by atoms with Crippen LogP contribution in [0.4, 0.5) is 35.3 Å². The highest BCUT2D eigenvalue weighted by Gasteiger charge is 2.41. The molecule has 0 saturated carbocycles. The molecule has 0 spiro atoms. The van der Waals surface area contributed by atoms with Crippen molar-refractivity contribution in [1.29, 1.82) is 0 Å². The summed E-state index contributed by atoms with van der Waals surface area (Å²) in [7, 11) is 0. The fourth-order valence-corrected chi connectivity index (χ4v) is 4.03. The van der Waals surface area contributed by atoms with Gasteiger partial charge in [0, 0.05) is 18.5 Å². The number of fused-ring (bicyclic) bond motifs is 5. The number of pyridine rings is 2. The van der Waals surface area contributed by atoms with Gasteiger partial charge in [-0.15, -0.1) is 0 Å². The van der Waals surface area contributed by atoms with Gasteiger partial charge in [-0.1, -0.05) is 0 Å². The van der Waals surface area contributed by atoms with Gasteiger partial charge >= 0.3 is 12.2 Å². The standard InChI is InChI=1S/C20H19F3N8O2/c1-10(20(21,22)23)26-18(32)13-2-3-15-17(27-13)31(12-4-5-30(15)9-12)19(33)28-16-6-11-7-25-29-14(11)8-24-16/h2-3,6-8,10,12H,4-5,9H2,1H3,(H,25,29)(H,26,32)(H,24,28,33)/t10-,12+/m1/s1.